The minimum atomic E-state index is -0.109. The molecular formula is C28H21BrN2O3S. The lowest BCUT2D eigenvalue weighted by atomic mass is 10.2. The van der Waals surface area contributed by atoms with E-state index in [1.165, 1.54) is 11.8 Å². The monoisotopic (exact) mass is 544 g/mol. The molecule has 174 valence electrons. The first-order chi connectivity index (χ1) is 17.1. The maximum Gasteiger partial charge on any atom is 0.267 e. The maximum atomic E-state index is 13.4. The van der Waals surface area contributed by atoms with Gasteiger partial charge in [0.2, 0.25) is 0 Å². The predicted octanol–water partition coefficient (Wildman–Crippen LogP) is 7.52. The summed E-state index contributed by atoms with van der Waals surface area (Å²) in [6.07, 6.45) is 1.78. The molecule has 3 aromatic carbocycles. The molecule has 0 spiro atoms. The molecule has 5 rings (SSSR count). The molecule has 0 aliphatic carbocycles. The number of rotatable bonds is 6. The number of furan rings is 1. The van der Waals surface area contributed by atoms with Crippen LogP contribution in [0.3, 0.4) is 0 Å². The molecule has 0 unspecified atom stereocenters. The van der Waals surface area contributed by atoms with E-state index in [4.69, 9.17) is 14.1 Å². The number of para-hydroxylation sites is 1. The second-order valence-corrected chi connectivity index (χ2v) is 9.71. The minimum absolute atomic E-state index is 0.109. The number of carbonyl (C=O) groups excluding carboxylic acids is 1. The molecule has 1 fully saturated rings. The van der Waals surface area contributed by atoms with E-state index in [0.29, 0.717) is 22.4 Å². The van der Waals surface area contributed by atoms with Crippen molar-refractivity contribution >= 4 is 50.5 Å². The van der Waals surface area contributed by atoms with Crippen molar-refractivity contribution in [2.24, 2.45) is 4.99 Å². The normalized spacial score (nSPS) is 15.8. The third-order valence-corrected chi connectivity index (χ3v) is 6.93. The van der Waals surface area contributed by atoms with Crippen LogP contribution >= 0.6 is 27.7 Å². The Morgan fingerprint density at radius 3 is 2.43 bits per heavy atom. The van der Waals surface area contributed by atoms with Gasteiger partial charge < -0.3 is 9.15 Å². The van der Waals surface area contributed by atoms with Gasteiger partial charge in [0, 0.05) is 16.1 Å². The first-order valence-electron chi connectivity index (χ1n) is 10.9. The van der Waals surface area contributed by atoms with E-state index in [0.717, 1.165) is 32.8 Å². The van der Waals surface area contributed by atoms with Gasteiger partial charge in [-0.3, -0.25) is 9.69 Å². The van der Waals surface area contributed by atoms with E-state index in [9.17, 15) is 4.79 Å². The standard InChI is InChI=1S/C28H21BrN2O3S/c1-33-23-13-7-19(8-14-23)18-31-27(32)26(35-28(31)30-22-5-3-2-4-6-22)17-24-15-16-25(34-24)20-9-11-21(29)12-10-20/h2-17H,18H2,1H3/b26-17+,30-28?. The van der Waals surface area contributed by atoms with Gasteiger partial charge in [0.1, 0.15) is 17.3 Å². The Morgan fingerprint density at radius 1 is 0.971 bits per heavy atom. The summed E-state index contributed by atoms with van der Waals surface area (Å²) in [7, 11) is 1.63. The number of nitrogens with zero attached hydrogens (tertiary/aromatic N) is 2. The lowest BCUT2D eigenvalue weighted by molar-refractivity contribution is -0.122. The Morgan fingerprint density at radius 2 is 1.71 bits per heavy atom. The second-order valence-electron chi connectivity index (χ2n) is 7.79. The van der Waals surface area contributed by atoms with Crippen LogP contribution in [0.2, 0.25) is 0 Å². The second kappa shape index (κ2) is 10.4. The molecule has 1 aliphatic rings. The highest BCUT2D eigenvalue weighted by Gasteiger charge is 2.33. The summed E-state index contributed by atoms with van der Waals surface area (Å²) in [5.41, 5.74) is 2.74. The van der Waals surface area contributed by atoms with Crippen molar-refractivity contribution in [3.8, 4) is 17.1 Å². The van der Waals surface area contributed by atoms with Crippen LogP contribution in [0.15, 0.2) is 110 Å². The summed E-state index contributed by atoms with van der Waals surface area (Å²) in [6.45, 7) is 0.404. The highest BCUT2D eigenvalue weighted by Crippen LogP contribution is 2.36. The molecule has 0 radical (unpaired) electrons. The first kappa shape index (κ1) is 23.2. The summed E-state index contributed by atoms with van der Waals surface area (Å²) < 4.78 is 12.3. The summed E-state index contributed by atoms with van der Waals surface area (Å²) >= 11 is 4.80. The number of amides is 1. The Labute approximate surface area is 216 Å². The largest absolute Gasteiger partial charge is 0.497 e. The van der Waals surface area contributed by atoms with Crippen molar-refractivity contribution in [1.29, 1.82) is 0 Å². The smallest absolute Gasteiger partial charge is 0.267 e. The number of amidine groups is 1. The number of halogens is 1. The van der Waals surface area contributed by atoms with Crippen LogP contribution < -0.4 is 4.74 Å². The molecule has 0 atom stereocenters. The molecule has 2 heterocycles. The van der Waals surface area contributed by atoms with Crippen LogP contribution in [0, 0.1) is 0 Å². The molecule has 0 N–H and O–H groups in total. The third kappa shape index (κ3) is 5.42. The molecule has 35 heavy (non-hydrogen) atoms. The number of ether oxygens (including phenoxy) is 1. The molecule has 1 aromatic heterocycles. The van der Waals surface area contributed by atoms with Gasteiger partial charge in [-0.2, -0.15) is 0 Å². The summed E-state index contributed by atoms with van der Waals surface area (Å²) in [5, 5.41) is 0.628. The highest BCUT2D eigenvalue weighted by atomic mass is 79.9. The van der Waals surface area contributed by atoms with Crippen molar-refractivity contribution in [2.45, 2.75) is 6.54 Å². The van der Waals surface area contributed by atoms with Crippen LogP contribution in [0.5, 0.6) is 5.75 Å². The number of aliphatic imine (C=N–C) groups is 1. The SMILES string of the molecule is COc1ccc(CN2C(=O)/C(=C\c3ccc(-c4ccc(Br)cc4)o3)SC2=Nc2ccccc2)cc1. The van der Waals surface area contributed by atoms with Crippen molar-refractivity contribution in [3.63, 3.8) is 0 Å². The number of hydrogen-bond acceptors (Lipinski definition) is 5. The van der Waals surface area contributed by atoms with Crippen LogP contribution in [-0.2, 0) is 11.3 Å². The van der Waals surface area contributed by atoms with Crippen molar-refractivity contribution in [1.82, 2.24) is 4.90 Å². The zero-order valence-electron chi connectivity index (χ0n) is 18.9. The van der Waals surface area contributed by atoms with Crippen LogP contribution in [0.1, 0.15) is 11.3 Å². The Balaban J connectivity index is 1.44. The highest BCUT2D eigenvalue weighted by molar-refractivity contribution is 9.10. The van der Waals surface area contributed by atoms with Gasteiger partial charge in [0.15, 0.2) is 5.17 Å². The Bertz CT molecular complexity index is 1390. The van der Waals surface area contributed by atoms with Crippen LogP contribution in [0.25, 0.3) is 17.4 Å². The topological polar surface area (TPSA) is 55.0 Å². The molecule has 0 saturated carbocycles. The predicted molar refractivity (Wildman–Crippen MR) is 144 cm³/mol. The molecule has 1 amide bonds. The molecule has 4 aromatic rings. The number of hydrogen-bond donors (Lipinski definition) is 0. The van der Waals surface area contributed by atoms with E-state index >= 15 is 0 Å². The number of carbonyl (C=O) groups is 1. The maximum absolute atomic E-state index is 13.4. The third-order valence-electron chi connectivity index (χ3n) is 5.40. The van der Waals surface area contributed by atoms with Gasteiger partial charge in [0.05, 0.1) is 24.2 Å². The first-order valence-corrected chi connectivity index (χ1v) is 12.5. The van der Waals surface area contributed by atoms with Gasteiger partial charge in [-0.1, -0.05) is 58.4 Å². The molecular weight excluding hydrogens is 524 g/mol. The van der Waals surface area contributed by atoms with Crippen LogP contribution in [0.4, 0.5) is 5.69 Å². The van der Waals surface area contributed by atoms with Gasteiger partial charge in [-0.25, -0.2) is 4.99 Å². The molecule has 1 aliphatic heterocycles. The number of methoxy groups -OCH3 is 1. The van der Waals surface area contributed by atoms with E-state index in [2.05, 4.69) is 15.9 Å². The lowest BCUT2D eigenvalue weighted by Crippen LogP contribution is -2.28. The van der Waals surface area contributed by atoms with Gasteiger partial charge >= 0.3 is 0 Å². The average molecular weight is 545 g/mol. The lowest BCUT2D eigenvalue weighted by Gasteiger charge is -2.16. The van der Waals surface area contributed by atoms with Gasteiger partial charge in [-0.15, -0.1) is 0 Å². The molecule has 7 heteroatoms. The number of thioether (sulfide) groups is 1. The van der Waals surface area contributed by atoms with Crippen LogP contribution in [-0.4, -0.2) is 23.1 Å². The van der Waals surface area contributed by atoms with Crippen molar-refractivity contribution < 1.29 is 13.9 Å². The van der Waals surface area contributed by atoms with E-state index in [1.807, 2.05) is 91.0 Å². The fourth-order valence-corrected chi connectivity index (χ4v) is 4.83. The Kier molecular flexibility index (Phi) is 6.88. The van der Waals surface area contributed by atoms with E-state index in [-0.39, 0.29) is 5.91 Å². The fraction of sp³-hybridized carbons (Fsp3) is 0.0714. The quantitative estimate of drug-likeness (QED) is 0.235. The fourth-order valence-electron chi connectivity index (χ4n) is 3.59. The summed E-state index contributed by atoms with van der Waals surface area (Å²) in [5.74, 6) is 2.02. The zero-order chi connectivity index (χ0) is 24.2. The molecule has 5 nitrogen and oxygen atoms in total. The van der Waals surface area contributed by atoms with E-state index in [1.54, 1.807) is 18.1 Å². The molecule has 0 bridgehead atoms. The Hall–Kier alpha value is -3.55. The average Bonchev–Trinajstić information content (AvgIpc) is 3.46. The van der Waals surface area contributed by atoms with Crippen molar-refractivity contribution in [3.05, 3.63) is 112 Å². The van der Waals surface area contributed by atoms with Crippen molar-refractivity contribution in [2.75, 3.05) is 7.11 Å². The van der Waals surface area contributed by atoms with Gasteiger partial charge in [-0.05, 0) is 65.9 Å². The zero-order valence-corrected chi connectivity index (χ0v) is 21.3. The minimum Gasteiger partial charge on any atom is -0.497 e. The van der Waals surface area contributed by atoms with E-state index < -0.39 is 0 Å². The summed E-state index contributed by atoms with van der Waals surface area (Å²) in [6, 6.07) is 29.0. The van der Waals surface area contributed by atoms with Gasteiger partial charge in [0.25, 0.3) is 5.91 Å². The summed E-state index contributed by atoms with van der Waals surface area (Å²) in [4.78, 5) is 20.5. The molecule has 1 saturated heterocycles. The number of benzene rings is 3.